The van der Waals surface area contributed by atoms with Crippen LogP contribution in [0.15, 0.2) is 61.1 Å². The van der Waals surface area contributed by atoms with Crippen LogP contribution in [0.3, 0.4) is 0 Å². The molecule has 0 radical (unpaired) electrons. The molecular weight excluding hydrogens is 374 g/mol. The van der Waals surface area contributed by atoms with E-state index in [1.165, 1.54) is 5.56 Å². The van der Waals surface area contributed by atoms with Gasteiger partial charge in [0.25, 0.3) is 0 Å². The van der Waals surface area contributed by atoms with E-state index in [0.717, 1.165) is 55.8 Å². The molecule has 6 nitrogen and oxygen atoms in total. The number of aromatic nitrogens is 3. The molecule has 1 aromatic carbocycles. The molecule has 2 aromatic heterocycles. The number of pyridine rings is 1. The lowest BCUT2D eigenvalue weighted by Crippen LogP contribution is -2.40. The Morgan fingerprint density at radius 2 is 2.07 bits per heavy atom. The molecule has 3 aromatic rings. The zero-order valence-corrected chi connectivity index (χ0v) is 17.5. The van der Waals surface area contributed by atoms with Gasteiger partial charge < -0.3 is 5.32 Å². The Balaban J connectivity index is 1.32. The lowest BCUT2D eigenvalue weighted by Gasteiger charge is -2.32. The van der Waals surface area contributed by atoms with Gasteiger partial charge in [-0.1, -0.05) is 36.4 Å². The van der Waals surface area contributed by atoms with Gasteiger partial charge in [-0.05, 0) is 36.9 Å². The van der Waals surface area contributed by atoms with Gasteiger partial charge in [-0.25, -0.2) is 0 Å². The van der Waals surface area contributed by atoms with Gasteiger partial charge in [0, 0.05) is 56.4 Å². The number of nitrogens with zero attached hydrogens (tertiary/aromatic N) is 4. The normalized spacial score (nSPS) is 17.0. The number of hydrogen-bond donors (Lipinski definition) is 1. The van der Waals surface area contributed by atoms with Crippen LogP contribution in [0.4, 0.5) is 0 Å². The van der Waals surface area contributed by atoms with Crippen LogP contribution in [0.1, 0.15) is 24.0 Å². The van der Waals surface area contributed by atoms with E-state index < -0.39 is 0 Å². The van der Waals surface area contributed by atoms with E-state index in [0.29, 0.717) is 12.3 Å². The van der Waals surface area contributed by atoms with Gasteiger partial charge in [-0.15, -0.1) is 0 Å². The van der Waals surface area contributed by atoms with Crippen molar-refractivity contribution in [3.05, 3.63) is 72.2 Å². The molecule has 30 heavy (non-hydrogen) atoms. The predicted molar refractivity (Wildman–Crippen MR) is 118 cm³/mol. The first-order valence-corrected chi connectivity index (χ1v) is 10.6. The topological polar surface area (TPSA) is 63.0 Å². The second-order valence-electron chi connectivity index (χ2n) is 8.13. The van der Waals surface area contributed by atoms with Gasteiger partial charge >= 0.3 is 0 Å². The molecule has 1 fully saturated rings. The van der Waals surface area contributed by atoms with Crippen molar-refractivity contribution in [2.45, 2.75) is 25.8 Å². The second-order valence-corrected chi connectivity index (χ2v) is 8.13. The molecule has 1 unspecified atom stereocenters. The molecule has 0 bridgehead atoms. The summed E-state index contributed by atoms with van der Waals surface area (Å²) in [5.41, 5.74) is 4.42. The maximum absolute atomic E-state index is 12.3. The summed E-state index contributed by atoms with van der Waals surface area (Å²) < 4.78 is 1.90. The first-order chi connectivity index (χ1) is 14.7. The van der Waals surface area contributed by atoms with Gasteiger partial charge in [0.2, 0.25) is 5.91 Å². The molecule has 1 aliphatic heterocycles. The van der Waals surface area contributed by atoms with E-state index in [4.69, 9.17) is 5.10 Å². The van der Waals surface area contributed by atoms with Gasteiger partial charge in [-0.2, -0.15) is 5.10 Å². The number of amides is 1. The van der Waals surface area contributed by atoms with Gasteiger partial charge in [0.15, 0.2) is 0 Å². The summed E-state index contributed by atoms with van der Waals surface area (Å²) in [6, 6.07) is 14.2. The summed E-state index contributed by atoms with van der Waals surface area (Å²) in [5, 5.41) is 7.81. The molecule has 1 atom stereocenters. The molecule has 156 valence electrons. The van der Waals surface area contributed by atoms with Crippen molar-refractivity contribution in [2.75, 3.05) is 19.6 Å². The number of benzene rings is 1. The molecule has 3 heterocycles. The highest BCUT2D eigenvalue weighted by Crippen LogP contribution is 2.25. The summed E-state index contributed by atoms with van der Waals surface area (Å²) in [6.07, 6.45) is 8.30. The van der Waals surface area contributed by atoms with Crippen molar-refractivity contribution in [2.24, 2.45) is 13.0 Å². The Kier molecular flexibility index (Phi) is 6.54. The number of carbonyl (C=O) groups excluding carboxylic acids is 1. The molecule has 6 heteroatoms. The minimum absolute atomic E-state index is 0.0683. The first-order valence-electron chi connectivity index (χ1n) is 10.6. The SMILES string of the molecule is Cn1cc(CN2CCCC(CNC(=O)Cc3cccnc3)C2)c(-c2ccccc2)n1. The highest BCUT2D eigenvalue weighted by atomic mass is 16.1. The zero-order chi connectivity index (χ0) is 20.8. The van der Waals surface area contributed by atoms with E-state index in [-0.39, 0.29) is 5.91 Å². The molecule has 4 rings (SSSR count). The molecular formula is C24H29N5O. The average Bonchev–Trinajstić information content (AvgIpc) is 3.14. The fourth-order valence-corrected chi connectivity index (χ4v) is 4.20. The molecule has 1 N–H and O–H groups in total. The zero-order valence-electron chi connectivity index (χ0n) is 17.5. The number of hydrogen-bond acceptors (Lipinski definition) is 4. The molecule has 1 aliphatic rings. The summed E-state index contributed by atoms with van der Waals surface area (Å²) in [7, 11) is 1.98. The maximum Gasteiger partial charge on any atom is 0.224 e. The van der Waals surface area contributed by atoms with E-state index in [1.807, 2.05) is 29.9 Å². The Morgan fingerprint density at radius 1 is 1.20 bits per heavy atom. The number of nitrogens with one attached hydrogen (secondary N) is 1. The second kappa shape index (κ2) is 9.67. The number of carbonyl (C=O) groups is 1. The summed E-state index contributed by atoms with van der Waals surface area (Å²) in [5.74, 6) is 0.548. The van der Waals surface area contributed by atoms with E-state index in [2.05, 4.69) is 45.7 Å². The van der Waals surface area contributed by atoms with Gasteiger partial charge in [0.1, 0.15) is 0 Å². The van der Waals surface area contributed by atoms with Crippen molar-refractivity contribution in [3.8, 4) is 11.3 Å². The third-order valence-electron chi connectivity index (χ3n) is 5.62. The predicted octanol–water partition coefficient (Wildman–Crippen LogP) is 3.05. The van der Waals surface area contributed by atoms with Crippen LogP contribution < -0.4 is 5.32 Å². The lowest BCUT2D eigenvalue weighted by molar-refractivity contribution is -0.120. The van der Waals surface area contributed by atoms with Crippen molar-refractivity contribution in [1.29, 1.82) is 0 Å². The number of rotatable bonds is 7. The fourth-order valence-electron chi connectivity index (χ4n) is 4.20. The minimum atomic E-state index is 0.0683. The van der Waals surface area contributed by atoms with Crippen LogP contribution in [0, 0.1) is 5.92 Å². The van der Waals surface area contributed by atoms with Crippen molar-refractivity contribution >= 4 is 5.91 Å². The van der Waals surface area contributed by atoms with Crippen LogP contribution in [0.25, 0.3) is 11.3 Å². The molecule has 1 amide bonds. The van der Waals surface area contributed by atoms with Gasteiger partial charge in [0.05, 0.1) is 12.1 Å². The van der Waals surface area contributed by atoms with E-state index >= 15 is 0 Å². The van der Waals surface area contributed by atoms with Crippen molar-refractivity contribution in [3.63, 3.8) is 0 Å². The number of likely N-dealkylation sites (tertiary alicyclic amines) is 1. The van der Waals surface area contributed by atoms with Crippen LogP contribution in [-0.4, -0.2) is 45.2 Å². The Hall–Kier alpha value is -2.99. The first kappa shape index (κ1) is 20.3. The Labute approximate surface area is 177 Å². The standard InChI is InChI=1S/C24H29N5O/c1-28-17-22(24(27-28)21-9-3-2-4-10-21)18-29-12-6-8-20(16-29)15-26-23(30)13-19-7-5-11-25-14-19/h2-5,7,9-11,14,17,20H,6,8,12-13,15-16,18H2,1H3,(H,26,30). The molecule has 0 saturated carbocycles. The average molecular weight is 404 g/mol. The molecule has 1 saturated heterocycles. The minimum Gasteiger partial charge on any atom is -0.355 e. The third kappa shape index (κ3) is 5.33. The molecule has 0 aliphatic carbocycles. The maximum atomic E-state index is 12.3. The van der Waals surface area contributed by atoms with Gasteiger partial charge in [-0.3, -0.25) is 19.4 Å². The van der Waals surface area contributed by atoms with Crippen LogP contribution in [-0.2, 0) is 24.8 Å². The highest BCUT2D eigenvalue weighted by molar-refractivity contribution is 5.78. The highest BCUT2D eigenvalue weighted by Gasteiger charge is 2.22. The largest absolute Gasteiger partial charge is 0.355 e. The fraction of sp³-hybridized carbons (Fsp3) is 0.375. The smallest absolute Gasteiger partial charge is 0.224 e. The summed E-state index contributed by atoms with van der Waals surface area (Å²) in [6.45, 7) is 3.70. The Morgan fingerprint density at radius 3 is 2.87 bits per heavy atom. The van der Waals surface area contributed by atoms with E-state index in [1.54, 1.807) is 12.4 Å². The van der Waals surface area contributed by atoms with Crippen LogP contribution >= 0.6 is 0 Å². The van der Waals surface area contributed by atoms with Crippen molar-refractivity contribution in [1.82, 2.24) is 25.0 Å². The third-order valence-corrected chi connectivity index (χ3v) is 5.62. The summed E-state index contributed by atoms with van der Waals surface area (Å²) in [4.78, 5) is 18.8. The number of piperidine rings is 1. The van der Waals surface area contributed by atoms with Crippen LogP contribution in [0.2, 0.25) is 0 Å². The van der Waals surface area contributed by atoms with Crippen molar-refractivity contribution < 1.29 is 4.79 Å². The Bertz CT molecular complexity index is 954. The summed E-state index contributed by atoms with van der Waals surface area (Å²) >= 11 is 0. The van der Waals surface area contributed by atoms with E-state index in [9.17, 15) is 4.79 Å². The lowest BCUT2D eigenvalue weighted by atomic mass is 9.97. The molecule has 0 spiro atoms. The van der Waals surface area contributed by atoms with Crippen LogP contribution in [0.5, 0.6) is 0 Å². The number of aryl methyl sites for hydroxylation is 1. The monoisotopic (exact) mass is 403 g/mol. The quantitative estimate of drug-likeness (QED) is 0.659.